The molecule has 0 fully saturated rings. The van der Waals surface area contributed by atoms with E-state index < -0.39 is 23.2 Å². The van der Waals surface area contributed by atoms with Crippen LogP contribution in [0.25, 0.3) is 5.69 Å². The average molecular weight is 295 g/mol. The van der Waals surface area contributed by atoms with Gasteiger partial charge in [-0.1, -0.05) is 0 Å². The van der Waals surface area contributed by atoms with Gasteiger partial charge in [0.25, 0.3) is 0 Å². The van der Waals surface area contributed by atoms with Crippen LogP contribution in [0.4, 0.5) is 14.6 Å². The third kappa shape index (κ3) is 3.18. The Bertz CT molecular complexity index is 690. The van der Waals surface area contributed by atoms with E-state index in [1.165, 1.54) is 12.3 Å². The van der Waals surface area contributed by atoms with E-state index in [-0.39, 0.29) is 17.1 Å². The topological polar surface area (TPSA) is 70.1 Å². The lowest BCUT2D eigenvalue weighted by Gasteiger charge is -2.19. The second-order valence-corrected chi connectivity index (χ2v) is 5.45. The standard InChI is InChI=1S/C14H15F2N3O2/c1-14(2,3)21-13(20)9-7-18-19(12(9)17)11-5-4-8(15)6-10(11)16/h4-7H,17H2,1-3H3. The first kappa shape index (κ1) is 15.0. The van der Waals surface area contributed by atoms with Crippen molar-refractivity contribution in [3.05, 3.63) is 41.6 Å². The minimum atomic E-state index is -0.833. The van der Waals surface area contributed by atoms with Crippen LogP contribution in [0.15, 0.2) is 24.4 Å². The SMILES string of the molecule is CC(C)(C)OC(=O)c1cnn(-c2ccc(F)cc2F)c1N. The largest absolute Gasteiger partial charge is 0.456 e. The molecule has 0 aliphatic heterocycles. The van der Waals surface area contributed by atoms with Crippen molar-refractivity contribution < 1.29 is 18.3 Å². The van der Waals surface area contributed by atoms with E-state index >= 15 is 0 Å². The summed E-state index contributed by atoms with van der Waals surface area (Å²) in [4.78, 5) is 12.0. The maximum absolute atomic E-state index is 13.7. The summed E-state index contributed by atoms with van der Waals surface area (Å²) < 4.78 is 32.8. The Hall–Kier alpha value is -2.44. The Morgan fingerprint density at radius 3 is 2.57 bits per heavy atom. The number of carbonyl (C=O) groups is 1. The summed E-state index contributed by atoms with van der Waals surface area (Å²) in [6.45, 7) is 5.14. The number of carbonyl (C=O) groups excluding carboxylic acids is 1. The molecule has 2 aromatic rings. The Kier molecular flexibility index (Phi) is 3.67. The summed E-state index contributed by atoms with van der Waals surface area (Å²) in [5, 5.41) is 3.86. The summed E-state index contributed by atoms with van der Waals surface area (Å²) in [5.41, 5.74) is 5.08. The smallest absolute Gasteiger partial charge is 0.344 e. The zero-order valence-electron chi connectivity index (χ0n) is 11.9. The molecule has 5 nitrogen and oxygen atoms in total. The highest BCUT2D eigenvalue weighted by molar-refractivity contribution is 5.94. The van der Waals surface area contributed by atoms with Gasteiger partial charge in [-0.2, -0.15) is 5.10 Å². The number of nitrogen functional groups attached to an aromatic ring is 1. The molecular formula is C14H15F2N3O2. The third-order valence-corrected chi connectivity index (χ3v) is 2.56. The van der Waals surface area contributed by atoms with Gasteiger partial charge in [0.05, 0.1) is 6.20 Å². The monoisotopic (exact) mass is 295 g/mol. The highest BCUT2D eigenvalue weighted by Crippen LogP contribution is 2.22. The number of rotatable bonds is 2. The van der Waals surface area contributed by atoms with E-state index in [2.05, 4.69) is 5.10 Å². The van der Waals surface area contributed by atoms with Gasteiger partial charge in [0.2, 0.25) is 0 Å². The number of anilines is 1. The second kappa shape index (κ2) is 5.16. The zero-order chi connectivity index (χ0) is 15.8. The highest BCUT2D eigenvalue weighted by atomic mass is 19.1. The van der Waals surface area contributed by atoms with Crippen molar-refractivity contribution in [3.63, 3.8) is 0 Å². The van der Waals surface area contributed by atoms with Crippen LogP contribution in [0.3, 0.4) is 0 Å². The average Bonchev–Trinajstić information content (AvgIpc) is 2.69. The molecule has 1 aromatic carbocycles. The number of nitrogens with two attached hydrogens (primary N) is 1. The molecule has 7 heteroatoms. The molecule has 0 amide bonds. The van der Waals surface area contributed by atoms with Crippen molar-refractivity contribution in [2.45, 2.75) is 26.4 Å². The molecule has 0 saturated heterocycles. The number of halogens is 2. The summed E-state index contributed by atoms with van der Waals surface area (Å²) in [6, 6.07) is 2.98. The van der Waals surface area contributed by atoms with Gasteiger partial charge in [-0.05, 0) is 32.9 Å². The summed E-state index contributed by atoms with van der Waals surface area (Å²) in [6.07, 6.45) is 1.19. The number of benzene rings is 1. The summed E-state index contributed by atoms with van der Waals surface area (Å²) in [7, 11) is 0. The fraction of sp³-hybridized carbons (Fsp3) is 0.286. The Balaban J connectivity index is 2.39. The van der Waals surface area contributed by atoms with Gasteiger partial charge in [0.15, 0.2) is 5.82 Å². The van der Waals surface area contributed by atoms with E-state index in [1.54, 1.807) is 20.8 Å². The van der Waals surface area contributed by atoms with Gasteiger partial charge in [-0.15, -0.1) is 0 Å². The lowest BCUT2D eigenvalue weighted by Crippen LogP contribution is -2.24. The van der Waals surface area contributed by atoms with Crippen LogP contribution in [0, 0.1) is 11.6 Å². The van der Waals surface area contributed by atoms with Crippen LogP contribution in [0.2, 0.25) is 0 Å². The Morgan fingerprint density at radius 1 is 1.33 bits per heavy atom. The number of hydrogen-bond donors (Lipinski definition) is 1. The van der Waals surface area contributed by atoms with Crippen LogP contribution >= 0.6 is 0 Å². The van der Waals surface area contributed by atoms with Gasteiger partial charge in [-0.25, -0.2) is 18.3 Å². The van der Waals surface area contributed by atoms with Crippen molar-refractivity contribution >= 4 is 11.8 Å². The molecule has 2 N–H and O–H groups in total. The van der Waals surface area contributed by atoms with Gasteiger partial charge in [-0.3, -0.25) is 0 Å². The zero-order valence-corrected chi connectivity index (χ0v) is 11.9. The number of ether oxygens (including phenoxy) is 1. The molecule has 112 valence electrons. The fourth-order valence-electron chi connectivity index (χ4n) is 1.69. The second-order valence-electron chi connectivity index (χ2n) is 5.45. The molecule has 0 spiro atoms. The summed E-state index contributed by atoms with van der Waals surface area (Å²) >= 11 is 0. The van der Waals surface area contributed by atoms with Crippen LogP contribution in [-0.4, -0.2) is 21.4 Å². The van der Waals surface area contributed by atoms with E-state index in [0.717, 1.165) is 10.7 Å². The first-order valence-corrected chi connectivity index (χ1v) is 6.21. The quantitative estimate of drug-likeness (QED) is 0.865. The van der Waals surface area contributed by atoms with Gasteiger partial charge in [0, 0.05) is 6.07 Å². The highest BCUT2D eigenvalue weighted by Gasteiger charge is 2.23. The molecule has 21 heavy (non-hydrogen) atoms. The third-order valence-electron chi connectivity index (χ3n) is 2.56. The van der Waals surface area contributed by atoms with E-state index in [4.69, 9.17) is 10.5 Å². The van der Waals surface area contributed by atoms with Crippen LogP contribution < -0.4 is 5.73 Å². The minimum absolute atomic E-state index is 0.0219. The lowest BCUT2D eigenvalue weighted by atomic mass is 10.2. The minimum Gasteiger partial charge on any atom is -0.456 e. The lowest BCUT2D eigenvalue weighted by molar-refractivity contribution is 0.00708. The van der Waals surface area contributed by atoms with Gasteiger partial charge in [0.1, 0.15) is 28.5 Å². The van der Waals surface area contributed by atoms with E-state index in [9.17, 15) is 13.6 Å². The first-order chi connectivity index (χ1) is 9.69. The van der Waals surface area contributed by atoms with Crippen molar-refractivity contribution in [1.29, 1.82) is 0 Å². The van der Waals surface area contributed by atoms with Gasteiger partial charge >= 0.3 is 5.97 Å². The molecule has 1 heterocycles. The number of nitrogens with zero attached hydrogens (tertiary/aromatic N) is 2. The molecule has 0 aliphatic carbocycles. The summed E-state index contributed by atoms with van der Waals surface area (Å²) in [5.74, 6) is -2.28. The van der Waals surface area contributed by atoms with Crippen molar-refractivity contribution in [2.24, 2.45) is 0 Å². The molecule has 0 bridgehead atoms. The first-order valence-electron chi connectivity index (χ1n) is 6.21. The normalized spacial score (nSPS) is 11.5. The molecule has 2 rings (SSSR count). The predicted molar refractivity (Wildman–Crippen MR) is 73.1 cm³/mol. The molecule has 0 aliphatic rings. The molecule has 0 radical (unpaired) electrons. The maximum Gasteiger partial charge on any atom is 0.344 e. The molecule has 0 unspecified atom stereocenters. The van der Waals surface area contributed by atoms with Crippen LogP contribution in [-0.2, 0) is 4.74 Å². The van der Waals surface area contributed by atoms with Gasteiger partial charge < -0.3 is 10.5 Å². The fourth-order valence-corrected chi connectivity index (χ4v) is 1.69. The Labute approximate surface area is 120 Å². The van der Waals surface area contributed by atoms with E-state index in [1.807, 2.05) is 0 Å². The molecular weight excluding hydrogens is 280 g/mol. The van der Waals surface area contributed by atoms with Crippen molar-refractivity contribution in [1.82, 2.24) is 9.78 Å². The van der Waals surface area contributed by atoms with Crippen LogP contribution in [0.1, 0.15) is 31.1 Å². The maximum atomic E-state index is 13.7. The molecule has 0 atom stereocenters. The number of aromatic nitrogens is 2. The molecule has 1 aromatic heterocycles. The Morgan fingerprint density at radius 2 is 2.00 bits per heavy atom. The number of hydrogen-bond acceptors (Lipinski definition) is 4. The molecule has 0 saturated carbocycles. The number of esters is 1. The predicted octanol–water partition coefficient (Wildman–Crippen LogP) is 2.69. The van der Waals surface area contributed by atoms with Crippen molar-refractivity contribution in [2.75, 3.05) is 5.73 Å². The van der Waals surface area contributed by atoms with Crippen LogP contribution in [0.5, 0.6) is 0 Å². The van der Waals surface area contributed by atoms with E-state index in [0.29, 0.717) is 6.07 Å². The van der Waals surface area contributed by atoms with Crippen molar-refractivity contribution in [3.8, 4) is 5.69 Å².